The summed E-state index contributed by atoms with van der Waals surface area (Å²) in [5, 5.41) is 18.8. The Balaban J connectivity index is 1.31. The van der Waals surface area contributed by atoms with Gasteiger partial charge in [0.15, 0.2) is 18.9 Å². The van der Waals surface area contributed by atoms with Crippen molar-refractivity contribution in [3.05, 3.63) is 59.7 Å². The van der Waals surface area contributed by atoms with E-state index in [1.807, 2.05) is 0 Å². The van der Waals surface area contributed by atoms with Gasteiger partial charge in [0.2, 0.25) is 0 Å². The Labute approximate surface area is 149 Å². The van der Waals surface area contributed by atoms with Gasteiger partial charge in [0.1, 0.15) is 29.8 Å². The van der Waals surface area contributed by atoms with E-state index in [-0.39, 0.29) is 29.8 Å². The summed E-state index contributed by atoms with van der Waals surface area (Å²) < 4.78 is 29.6. The predicted octanol–water partition coefficient (Wildman–Crippen LogP) is 2.35. The molecule has 0 aliphatic carbocycles. The van der Waals surface area contributed by atoms with Gasteiger partial charge < -0.3 is 33.9 Å². The molecule has 7 nitrogen and oxygen atoms in total. The Kier molecular flexibility index (Phi) is 3.84. The van der Waals surface area contributed by atoms with Gasteiger partial charge in [-0.25, -0.2) is 0 Å². The van der Waals surface area contributed by atoms with Crippen LogP contribution in [0.5, 0.6) is 11.5 Å². The molecule has 0 spiro atoms. The lowest BCUT2D eigenvalue weighted by atomic mass is 10.1. The van der Waals surface area contributed by atoms with Crippen molar-refractivity contribution in [1.82, 2.24) is 0 Å². The lowest BCUT2D eigenvalue weighted by molar-refractivity contribution is -0.273. The van der Waals surface area contributed by atoms with Crippen molar-refractivity contribution in [3.8, 4) is 11.5 Å². The molecule has 2 N–H and O–H groups in total. The SMILES string of the molecule is Oc1ccc(C2OCC3OC4OC(c5ccc(O)cc5)OC4C3O2)cc1. The summed E-state index contributed by atoms with van der Waals surface area (Å²) in [6, 6.07) is 13.4. The second-order valence-electron chi connectivity index (χ2n) is 6.56. The van der Waals surface area contributed by atoms with Gasteiger partial charge in [-0.3, -0.25) is 0 Å². The molecule has 3 aliphatic rings. The van der Waals surface area contributed by atoms with Gasteiger partial charge in [-0.15, -0.1) is 0 Å². The summed E-state index contributed by atoms with van der Waals surface area (Å²) in [7, 11) is 0. The first-order valence-electron chi connectivity index (χ1n) is 8.49. The second-order valence-corrected chi connectivity index (χ2v) is 6.56. The van der Waals surface area contributed by atoms with E-state index >= 15 is 0 Å². The zero-order chi connectivity index (χ0) is 17.7. The summed E-state index contributed by atoms with van der Waals surface area (Å²) in [5.74, 6) is 0.378. The van der Waals surface area contributed by atoms with Crippen molar-refractivity contribution >= 4 is 0 Å². The highest BCUT2D eigenvalue weighted by atomic mass is 16.8. The number of hydrogen-bond acceptors (Lipinski definition) is 7. The highest BCUT2D eigenvalue weighted by molar-refractivity contribution is 5.28. The summed E-state index contributed by atoms with van der Waals surface area (Å²) in [6.07, 6.45) is -2.55. The van der Waals surface area contributed by atoms with Gasteiger partial charge in [-0.1, -0.05) is 24.3 Å². The summed E-state index contributed by atoms with van der Waals surface area (Å²) >= 11 is 0. The predicted molar refractivity (Wildman–Crippen MR) is 87.1 cm³/mol. The van der Waals surface area contributed by atoms with Crippen molar-refractivity contribution in [2.24, 2.45) is 0 Å². The number of phenols is 2. The van der Waals surface area contributed by atoms with Crippen molar-refractivity contribution in [2.75, 3.05) is 6.61 Å². The maximum absolute atomic E-state index is 9.43. The fraction of sp³-hybridized carbons (Fsp3) is 0.368. The standard InChI is InChI=1S/C19H18O7/c20-12-5-1-10(2-6-12)17-22-9-14-15(24-17)16-19(23-14)26-18(25-16)11-3-7-13(21)8-4-11/h1-8,14-21H,9H2. The Bertz CT molecular complexity index is 775. The summed E-state index contributed by atoms with van der Waals surface area (Å²) in [4.78, 5) is 0. The van der Waals surface area contributed by atoms with E-state index in [4.69, 9.17) is 23.7 Å². The molecule has 0 radical (unpaired) electrons. The number of phenolic OH excluding ortho intramolecular Hbond substituents is 2. The van der Waals surface area contributed by atoms with Crippen LogP contribution in [0.15, 0.2) is 48.5 Å². The van der Waals surface area contributed by atoms with Crippen LogP contribution in [0.1, 0.15) is 23.7 Å². The highest BCUT2D eigenvalue weighted by Crippen LogP contribution is 2.44. The van der Waals surface area contributed by atoms with E-state index in [0.29, 0.717) is 6.61 Å². The van der Waals surface area contributed by atoms with E-state index < -0.39 is 18.9 Å². The van der Waals surface area contributed by atoms with Crippen LogP contribution in [0.25, 0.3) is 0 Å². The first-order valence-corrected chi connectivity index (χ1v) is 8.49. The average molecular weight is 358 g/mol. The molecule has 3 saturated heterocycles. The average Bonchev–Trinajstić information content (AvgIpc) is 3.20. The van der Waals surface area contributed by atoms with Gasteiger partial charge in [0.25, 0.3) is 0 Å². The number of fused-ring (bicyclic) bond motifs is 3. The molecule has 3 fully saturated rings. The Hall–Kier alpha value is -2.16. The number of aromatic hydroxyl groups is 2. The van der Waals surface area contributed by atoms with Crippen LogP contribution in [-0.2, 0) is 23.7 Å². The molecule has 2 aromatic carbocycles. The van der Waals surface area contributed by atoms with Gasteiger partial charge >= 0.3 is 0 Å². The molecular weight excluding hydrogens is 340 g/mol. The Morgan fingerprint density at radius 1 is 0.654 bits per heavy atom. The Morgan fingerprint density at radius 3 is 1.88 bits per heavy atom. The third-order valence-electron chi connectivity index (χ3n) is 4.83. The first kappa shape index (κ1) is 16.0. The largest absolute Gasteiger partial charge is 0.508 e. The molecule has 0 bridgehead atoms. The number of hydrogen-bond donors (Lipinski definition) is 2. The number of rotatable bonds is 2. The first-order chi connectivity index (χ1) is 12.7. The second kappa shape index (κ2) is 6.22. The zero-order valence-corrected chi connectivity index (χ0v) is 13.7. The van der Waals surface area contributed by atoms with Crippen molar-refractivity contribution in [2.45, 2.75) is 37.2 Å². The summed E-state index contributed by atoms with van der Waals surface area (Å²) in [5.41, 5.74) is 1.62. The van der Waals surface area contributed by atoms with Crippen LogP contribution in [0.3, 0.4) is 0 Å². The molecule has 0 amide bonds. The van der Waals surface area contributed by atoms with Crippen LogP contribution >= 0.6 is 0 Å². The molecular formula is C19H18O7. The van der Waals surface area contributed by atoms with E-state index in [2.05, 4.69) is 0 Å². The quantitative estimate of drug-likeness (QED) is 0.852. The maximum atomic E-state index is 9.43. The number of ether oxygens (including phenoxy) is 5. The molecule has 5 rings (SSSR count). The fourth-order valence-corrected chi connectivity index (χ4v) is 3.50. The lowest BCUT2D eigenvalue weighted by Gasteiger charge is -2.33. The van der Waals surface area contributed by atoms with Crippen LogP contribution in [0, 0.1) is 0 Å². The minimum atomic E-state index is -0.565. The van der Waals surface area contributed by atoms with E-state index in [1.165, 1.54) is 0 Å². The fourth-order valence-electron chi connectivity index (χ4n) is 3.50. The van der Waals surface area contributed by atoms with Crippen molar-refractivity contribution in [3.63, 3.8) is 0 Å². The topological polar surface area (TPSA) is 86.6 Å². The van der Waals surface area contributed by atoms with Gasteiger partial charge in [0.05, 0.1) is 6.61 Å². The van der Waals surface area contributed by atoms with Gasteiger partial charge in [-0.2, -0.15) is 0 Å². The third kappa shape index (κ3) is 2.74. The zero-order valence-electron chi connectivity index (χ0n) is 13.7. The van der Waals surface area contributed by atoms with E-state index in [0.717, 1.165) is 11.1 Å². The smallest absolute Gasteiger partial charge is 0.190 e. The minimum absolute atomic E-state index is 0.188. The maximum Gasteiger partial charge on any atom is 0.190 e. The molecule has 3 heterocycles. The molecule has 3 aliphatic heterocycles. The van der Waals surface area contributed by atoms with Crippen LogP contribution in [0.2, 0.25) is 0 Å². The number of benzene rings is 2. The Morgan fingerprint density at radius 2 is 1.23 bits per heavy atom. The highest BCUT2D eigenvalue weighted by Gasteiger charge is 2.55. The van der Waals surface area contributed by atoms with Gasteiger partial charge in [-0.05, 0) is 24.3 Å². The van der Waals surface area contributed by atoms with Crippen molar-refractivity contribution in [1.29, 1.82) is 0 Å². The monoisotopic (exact) mass is 358 g/mol. The van der Waals surface area contributed by atoms with Crippen LogP contribution in [0.4, 0.5) is 0 Å². The third-order valence-corrected chi connectivity index (χ3v) is 4.83. The molecule has 6 unspecified atom stereocenters. The van der Waals surface area contributed by atoms with Crippen LogP contribution in [-0.4, -0.2) is 41.4 Å². The molecule has 0 aromatic heterocycles. The molecule has 6 atom stereocenters. The molecule has 2 aromatic rings. The minimum Gasteiger partial charge on any atom is -0.508 e. The molecule has 0 saturated carbocycles. The van der Waals surface area contributed by atoms with Crippen LogP contribution < -0.4 is 0 Å². The molecule has 26 heavy (non-hydrogen) atoms. The molecule has 136 valence electrons. The molecule has 7 heteroatoms. The van der Waals surface area contributed by atoms with Gasteiger partial charge in [0, 0.05) is 11.1 Å². The lowest BCUT2D eigenvalue weighted by Crippen LogP contribution is -2.43. The van der Waals surface area contributed by atoms with Crippen molar-refractivity contribution < 1.29 is 33.9 Å². The summed E-state index contributed by atoms with van der Waals surface area (Å²) in [6.45, 7) is 0.375. The van der Waals surface area contributed by atoms with E-state index in [9.17, 15) is 10.2 Å². The normalized spacial score (nSPS) is 35.8. The van der Waals surface area contributed by atoms with E-state index in [1.54, 1.807) is 48.5 Å².